The Morgan fingerprint density at radius 3 is 2.67 bits per heavy atom. The van der Waals surface area contributed by atoms with Crippen LogP contribution >= 0.6 is 0 Å². The van der Waals surface area contributed by atoms with Gasteiger partial charge in [-0.1, -0.05) is 6.92 Å². The van der Waals surface area contributed by atoms with Crippen molar-refractivity contribution in [1.29, 1.82) is 0 Å². The molecule has 1 fully saturated rings. The van der Waals surface area contributed by atoms with E-state index in [1.54, 1.807) is 0 Å². The summed E-state index contributed by atoms with van der Waals surface area (Å²) >= 11 is 0. The van der Waals surface area contributed by atoms with Gasteiger partial charge in [0.25, 0.3) is 0 Å². The molecule has 0 aromatic heterocycles. The van der Waals surface area contributed by atoms with Gasteiger partial charge in [-0.05, 0) is 25.3 Å². The quantitative estimate of drug-likeness (QED) is 0.694. The van der Waals surface area contributed by atoms with Crippen LogP contribution in [0.5, 0.6) is 0 Å². The number of piperidine rings is 1. The van der Waals surface area contributed by atoms with Gasteiger partial charge in [-0.2, -0.15) is 0 Å². The summed E-state index contributed by atoms with van der Waals surface area (Å²) in [6.07, 6.45) is 5.62. The number of likely N-dealkylation sites (tertiary alicyclic amines) is 1. The Hall–Kier alpha value is -1.32. The molecule has 2 aliphatic heterocycles. The van der Waals surface area contributed by atoms with Gasteiger partial charge in [-0.25, -0.2) is 4.99 Å². The van der Waals surface area contributed by atoms with Crippen molar-refractivity contribution in [3.05, 3.63) is 11.9 Å². The van der Waals surface area contributed by atoms with Crippen LogP contribution in [0.1, 0.15) is 26.2 Å². The molecule has 2 aliphatic rings. The Morgan fingerprint density at radius 2 is 2.07 bits per heavy atom. The maximum absolute atomic E-state index is 11.4. The van der Waals surface area contributed by atoms with Crippen LogP contribution in [0.25, 0.3) is 0 Å². The Labute approximate surface area is 89.8 Å². The van der Waals surface area contributed by atoms with Gasteiger partial charge in [0.15, 0.2) is 5.84 Å². The first-order valence-electron chi connectivity index (χ1n) is 5.53. The second-order valence-corrected chi connectivity index (χ2v) is 4.22. The number of Topliss-reactive ketones (excluding diaryl/α,β-unsaturated/α-hetero) is 1. The minimum absolute atomic E-state index is 0.0595. The van der Waals surface area contributed by atoms with E-state index in [0.29, 0.717) is 0 Å². The first-order valence-corrected chi connectivity index (χ1v) is 5.53. The summed E-state index contributed by atoms with van der Waals surface area (Å²) in [7, 11) is 0. The Bertz CT molecular complexity index is 327. The summed E-state index contributed by atoms with van der Waals surface area (Å²) < 4.78 is 0. The molecule has 0 radical (unpaired) electrons. The number of aliphatic imine (C=N–C) groups is 1. The Morgan fingerprint density at radius 1 is 1.40 bits per heavy atom. The zero-order valence-corrected chi connectivity index (χ0v) is 9.07. The Balaban J connectivity index is 2.15. The van der Waals surface area contributed by atoms with Gasteiger partial charge in [0.2, 0.25) is 5.78 Å². The standard InChI is InChI=1S/C11H17N3O/c1-8-7-9(13-11(12)10(8)15)14-5-3-2-4-6-14/h7-8H,2-6H2,1H3,(H2,12,13). The third kappa shape index (κ3) is 2.03. The molecule has 0 aromatic rings. The molecular formula is C11H17N3O. The van der Waals surface area contributed by atoms with E-state index in [4.69, 9.17) is 5.73 Å². The van der Waals surface area contributed by atoms with Crippen molar-refractivity contribution < 1.29 is 4.79 Å². The first kappa shape index (κ1) is 10.2. The summed E-state index contributed by atoms with van der Waals surface area (Å²) in [6.45, 7) is 3.93. The molecule has 1 saturated heterocycles. The third-order valence-corrected chi connectivity index (χ3v) is 2.98. The highest BCUT2D eigenvalue weighted by Gasteiger charge is 2.23. The highest BCUT2D eigenvalue weighted by Crippen LogP contribution is 2.20. The average molecular weight is 207 g/mol. The van der Waals surface area contributed by atoms with Gasteiger partial charge < -0.3 is 10.6 Å². The van der Waals surface area contributed by atoms with E-state index in [0.717, 1.165) is 18.9 Å². The number of amidine groups is 1. The van der Waals surface area contributed by atoms with Crippen LogP contribution in [0.2, 0.25) is 0 Å². The molecule has 82 valence electrons. The fraction of sp³-hybridized carbons (Fsp3) is 0.636. The van der Waals surface area contributed by atoms with E-state index in [1.807, 2.05) is 13.0 Å². The monoisotopic (exact) mass is 207 g/mol. The summed E-state index contributed by atoms with van der Waals surface area (Å²) in [6, 6.07) is 0. The predicted octanol–water partition coefficient (Wildman–Crippen LogP) is 0.890. The lowest BCUT2D eigenvalue weighted by Gasteiger charge is -2.30. The SMILES string of the molecule is CC1C=C(N2CCCCC2)N=C(N)C1=O. The average Bonchev–Trinajstić information content (AvgIpc) is 2.26. The lowest BCUT2D eigenvalue weighted by Crippen LogP contribution is -2.36. The van der Waals surface area contributed by atoms with Crippen molar-refractivity contribution in [2.45, 2.75) is 26.2 Å². The van der Waals surface area contributed by atoms with E-state index >= 15 is 0 Å². The van der Waals surface area contributed by atoms with Crippen molar-refractivity contribution in [3.8, 4) is 0 Å². The van der Waals surface area contributed by atoms with Gasteiger partial charge >= 0.3 is 0 Å². The number of carbonyl (C=O) groups is 1. The number of hydrogen-bond donors (Lipinski definition) is 1. The van der Waals surface area contributed by atoms with Crippen LogP contribution in [-0.2, 0) is 4.79 Å². The van der Waals surface area contributed by atoms with Gasteiger partial charge in [-0.3, -0.25) is 4.79 Å². The van der Waals surface area contributed by atoms with Gasteiger partial charge in [0, 0.05) is 19.0 Å². The highest BCUT2D eigenvalue weighted by atomic mass is 16.1. The summed E-state index contributed by atoms with van der Waals surface area (Å²) in [5, 5.41) is 0. The minimum Gasteiger partial charge on any atom is -0.381 e. The molecule has 4 nitrogen and oxygen atoms in total. The summed E-state index contributed by atoms with van der Waals surface area (Å²) in [5.41, 5.74) is 5.60. The minimum atomic E-state index is -0.126. The smallest absolute Gasteiger partial charge is 0.204 e. The van der Waals surface area contributed by atoms with Crippen molar-refractivity contribution in [2.24, 2.45) is 16.6 Å². The second-order valence-electron chi connectivity index (χ2n) is 4.22. The summed E-state index contributed by atoms with van der Waals surface area (Å²) in [5.74, 6) is 0.861. The number of carbonyl (C=O) groups excluding carboxylic acids is 1. The van der Waals surface area contributed by atoms with E-state index in [2.05, 4.69) is 9.89 Å². The van der Waals surface area contributed by atoms with E-state index in [1.165, 1.54) is 19.3 Å². The molecular weight excluding hydrogens is 190 g/mol. The zero-order chi connectivity index (χ0) is 10.8. The van der Waals surface area contributed by atoms with Crippen LogP contribution in [0.3, 0.4) is 0 Å². The highest BCUT2D eigenvalue weighted by molar-refractivity contribution is 6.40. The molecule has 2 heterocycles. The molecule has 0 aromatic carbocycles. The van der Waals surface area contributed by atoms with Crippen LogP contribution in [-0.4, -0.2) is 29.6 Å². The van der Waals surface area contributed by atoms with Crippen LogP contribution < -0.4 is 5.73 Å². The number of nitrogens with zero attached hydrogens (tertiary/aromatic N) is 2. The van der Waals surface area contributed by atoms with E-state index in [9.17, 15) is 4.79 Å². The molecule has 0 saturated carbocycles. The lowest BCUT2D eigenvalue weighted by atomic mass is 10.0. The summed E-state index contributed by atoms with van der Waals surface area (Å²) in [4.78, 5) is 17.8. The van der Waals surface area contributed by atoms with Crippen molar-refractivity contribution >= 4 is 11.6 Å². The fourth-order valence-corrected chi connectivity index (χ4v) is 2.05. The molecule has 1 unspecified atom stereocenters. The molecule has 0 bridgehead atoms. The fourth-order valence-electron chi connectivity index (χ4n) is 2.05. The van der Waals surface area contributed by atoms with Crippen molar-refractivity contribution in [3.63, 3.8) is 0 Å². The lowest BCUT2D eigenvalue weighted by molar-refractivity contribution is -0.115. The topological polar surface area (TPSA) is 58.7 Å². The Kier molecular flexibility index (Phi) is 2.75. The van der Waals surface area contributed by atoms with Crippen LogP contribution in [0, 0.1) is 5.92 Å². The zero-order valence-electron chi connectivity index (χ0n) is 9.07. The van der Waals surface area contributed by atoms with Crippen LogP contribution in [0.15, 0.2) is 16.9 Å². The maximum atomic E-state index is 11.4. The number of ketones is 1. The first-order chi connectivity index (χ1) is 7.18. The van der Waals surface area contributed by atoms with Gasteiger partial charge in [0.05, 0.1) is 0 Å². The molecule has 0 amide bonds. The number of rotatable bonds is 1. The maximum Gasteiger partial charge on any atom is 0.204 e. The van der Waals surface area contributed by atoms with Crippen molar-refractivity contribution in [2.75, 3.05) is 13.1 Å². The predicted molar refractivity (Wildman–Crippen MR) is 59.3 cm³/mol. The molecule has 2 rings (SSSR count). The number of allylic oxidation sites excluding steroid dienone is 1. The number of nitrogens with two attached hydrogens (primary N) is 1. The van der Waals surface area contributed by atoms with Crippen molar-refractivity contribution in [1.82, 2.24) is 4.90 Å². The molecule has 4 heteroatoms. The van der Waals surface area contributed by atoms with E-state index in [-0.39, 0.29) is 17.5 Å². The third-order valence-electron chi connectivity index (χ3n) is 2.98. The van der Waals surface area contributed by atoms with Crippen LogP contribution in [0.4, 0.5) is 0 Å². The molecule has 0 aliphatic carbocycles. The molecule has 1 atom stereocenters. The van der Waals surface area contributed by atoms with E-state index < -0.39 is 0 Å². The second kappa shape index (κ2) is 4.04. The number of hydrogen-bond acceptors (Lipinski definition) is 4. The van der Waals surface area contributed by atoms with Gasteiger partial charge in [-0.15, -0.1) is 0 Å². The largest absolute Gasteiger partial charge is 0.381 e. The molecule has 0 spiro atoms. The normalized spacial score (nSPS) is 27.4. The van der Waals surface area contributed by atoms with Gasteiger partial charge in [0.1, 0.15) is 5.82 Å². The molecule has 2 N–H and O–H groups in total. The molecule has 15 heavy (non-hydrogen) atoms.